The Bertz CT molecular complexity index is 788. The van der Waals surface area contributed by atoms with Gasteiger partial charge in [0, 0.05) is 25.2 Å². The van der Waals surface area contributed by atoms with Crippen molar-refractivity contribution in [2.24, 2.45) is 10.7 Å². The Morgan fingerprint density at radius 2 is 2.22 bits per heavy atom. The first-order chi connectivity index (χ1) is 11.2. The predicted octanol–water partition coefficient (Wildman–Crippen LogP) is 1.76. The van der Waals surface area contributed by atoms with Crippen molar-refractivity contribution in [3.8, 4) is 11.1 Å². The number of benzene rings is 1. The average Bonchev–Trinajstić information content (AvgIpc) is 2.94. The van der Waals surface area contributed by atoms with Crippen LogP contribution in [0.3, 0.4) is 0 Å². The van der Waals surface area contributed by atoms with E-state index in [0.29, 0.717) is 12.6 Å². The van der Waals surface area contributed by atoms with Gasteiger partial charge < -0.3 is 15.8 Å². The van der Waals surface area contributed by atoms with Gasteiger partial charge in [0.25, 0.3) is 6.02 Å². The van der Waals surface area contributed by atoms with Crippen LogP contribution in [0.2, 0.25) is 0 Å². The number of fused-ring (bicyclic) bond motifs is 1. The molecule has 1 atom stereocenters. The van der Waals surface area contributed by atoms with Crippen molar-refractivity contribution in [1.82, 2.24) is 9.97 Å². The van der Waals surface area contributed by atoms with Crippen molar-refractivity contribution in [2.75, 3.05) is 19.0 Å². The number of aliphatic imine (C=N–C) groups is 1. The smallest absolute Gasteiger partial charge is 0.282 e. The minimum absolute atomic E-state index is 0.186. The highest BCUT2D eigenvalue weighted by atomic mass is 16.5. The molecule has 2 aromatic rings. The summed E-state index contributed by atoms with van der Waals surface area (Å²) in [5, 5.41) is 3.12. The summed E-state index contributed by atoms with van der Waals surface area (Å²) < 4.78 is 5.41. The molecule has 1 aromatic carbocycles. The van der Waals surface area contributed by atoms with Crippen LogP contribution in [-0.4, -0.2) is 35.2 Å². The van der Waals surface area contributed by atoms with Gasteiger partial charge in [-0.2, -0.15) is 0 Å². The lowest BCUT2D eigenvalue weighted by Crippen LogP contribution is -2.35. The van der Waals surface area contributed by atoms with E-state index in [0.717, 1.165) is 36.2 Å². The van der Waals surface area contributed by atoms with Crippen LogP contribution in [0.1, 0.15) is 17.5 Å². The number of aromatic nitrogens is 2. The Morgan fingerprint density at radius 1 is 1.30 bits per heavy atom. The topological polar surface area (TPSA) is 85.4 Å². The van der Waals surface area contributed by atoms with Crippen molar-refractivity contribution in [2.45, 2.75) is 24.8 Å². The summed E-state index contributed by atoms with van der Waals surface area (Å²) in [6.07, 6.45) is 6.24. The van der Waals surface area contributed by atoms with Gasteiger partial charge in [-0.05, 0) is 29.5 Å². The van der Waals surface area contributed by atoms with Gasteiger partial charge in [-0.15, -0.1) is 0 Å². The molecule has 0 fully saturated rings. The molecule has 118 valence electrons. The molecular formula is C17H19N5O. The largest absolute Gasteiger partial charge is 0.463 e. The zero-order valence-corrected chi connectivity index (χ0v) is 13.0. The van der Waals surface area contributed by atoms with Gasteiger partial charge in [-0.3, -0.25) is 0 Å². The summed E-state index contributed by atoms with van der Waals surface area (Å²) in [5.41, 5.74) is 10.3. The van der Waals surface area contributed by atoms with E-state index < -0.39 is 0 Å². The maximum atomic E-state index is 5.72. The maximum absolute atomic E-state index is 5.72. The van der Waals surface area contributed by atoms with E-state index in [1.807, 2.05) is 13.2 Å². The van der Waals surface area contributed by atoms with Gasteiger partial charge in [0.2, 0.25) is 0 Å². The molecule has 6 nitrogen and oxygen atoms in total. The fourth-order valence-corrected chi connectivity index (χ4v) is 3.48. The number of nitrogens with two attached hydrogens (primary N) is 1. The van der Waals surface area contributed by atoms with Crippen molar-refractivity contribution in [1.29, 1.82) is 0 Å². The van der Waals surface area contributed by atoms with Crippen molar-refractivity contribution in [3.05, 3.63) is 41.9 Å². The fourth-order valence-electron chi connectivity index (χ4n) is 3.48. The normalized spacial score (nSPS) is 22.4. The standard InChI is InChI=1S/C17H19N5O/c1-19-15-14(8-20-10-21-15)12-3-2-11-4-5-17(7-13(11)6-12)9-23-16(18)22-17/h2-3,6,8,10H,4-5,7,9H2,1H3,(H2,18,22)(H,19,20,21)/t17-/m0/s1. The van der Waals surface area contributed by atoms with Crippen LogP contribution in [0.4, 0.5) is 5.82 Å². The fraction of sp³-hybridized carbons (Fsp3) is 0.353. The average molecular weight is 309 g/mol. The van der Waals surface area contributed by atoms with Gasteiger partial charge in [0.15, 0.2) is 0 Å². The van der Waals surface area contributed by atoms with Gasteiger partial charge in [-0.1, -0.05) is 18.2 Å². The Balaban J connectivity index is 1.73. The number of rotatable bonds is 2. The quantitative estimate of drug-likeness (QED) is 0.883. The van der Waals surface area contributed by atoms with E-state index in [-0.39, 0.29) is 5.54 Å². The van der Waals surface area contributed by atoms with Crippen LogP contribution in [0.5, 0.6) is 0 Å². The Labute approximate surface area is 134 Å². The molecule has 1 aliphatic heterocycles. The van der Waals surface area contributed by atoms with Crippen LogP contribution in [0.25, 0.3) is 11.1 Å². The molecular weight excluding hydrogens is 290 g/mol. The molecule has 0 saturated heterocycles. The van der Waals surface area contributed by atoms with Crippen LogP contribution >= 0.6 is 0 Å². The Kier molecular flexibility index (Phi) is 3.18. The summed E-state index contributed by atoms with van der Waals surface area (Å²) >= 11 is 0. The maximum Gasteiger partial charge on any atom is 0.282 e. The Hall–Kier alpha value is -2.63. The van der Waals surface area contributed by atoms with E-state index in [1.54, 1.807) is 6.33 Å². The molecule has 0 unspecified atom stereocenters. The summed E-state index contributed by atoms with van der Waals surface area (Å²) in [7, 11) is 1.87. The number of ether oxygens (including phenoxy) is 1. The lowest BCUT2D eigenvalue weighted by atomic mass is 9.78. The van der Waals surface area contributed by atoms with E-state index in [9.17, 15) is 0 Å². The molecule has 0 amide bonds. The van der Waals surface area contributed by atoms with Crippen LogP contribution in [-0.2, 0) is 17.6 Å². The highest BCUT2D eigenvalue weighted by Gasteiger charge is 2.39. The minimum Gasteiger partial charge on any atom is -0.463 e. The van der Waals surface area contributed by atoms with Crippen molar-refractivity contribution in [3.63, 3.8) is 0 Å². The van der Waals surface area contributed by atoms with Gasteiger partial charge in [-0.25, -0.2) is 15.0 Å². The SMILES string of the molecule is CNc1ncncc1-c1ccc2c(c1)C[C@@]1(CC2)COC(N)=N1. The minimum atomic E-state index is -0.186. The molecule has 2 aliphatic rings. The number of hydrogen-bond acceptors (Lipinski definition) is 6. The third-order valence-corrected chi connectivity index (χ3v) is 4.68. The van der Waals surface area contributed by atoms with E-state index in [1.165, 1.54) is 11.1 Å². The first-order valence-electron chi connectivity index (χ1n) is 7.77. The second-order valence-electron chi connectivity index (χ2n) is 6.16. The van der Waals surface area contributed by atoms with E-state index in [4.69, 9.17) is 10.5 Å². The summed E-state index contributed by atoms with van der Waals surface area (Å²) in [5.74, 6) is 0.830. The molecule has 23 heavy (non-hydrogen) atoms. The number of nitrogens with zero attached hydrogens (tertiary/aromatic N) is 3. The van der Waals surface area contributed by atoms with Gasteiger partial charge in [0.05, 0.1) is 0 Å². The molecule has 1 spiro atoms. The molecule has 4 rings (SSSR count). The molecule has 2 heterocycles. The second-order valence-corrected chi connectivity index (χ2v) is 6.16. The summed E-state index contributed by atoms with van der Waals surface area (Å²) in [6.45, 7) is 0.582. The Morgan fingerprint density at radius 3 is 3.00 bits per heavy atom. The van der Waals surface area contributed by atoms with E-state index in [2.05, 4.69) is 38.5 Å². The summed E-state index contributed by atoms with van der Waals surface area (Å²) in [6, 6.07) is 6.88. The molecule has 3 N–H and O–H groups in total. The third-order valence-electron chi connectivity index (χ3n) is 4.68. The zero-order valence-electron chi connectivity index (χ0n) is 13.0. The highest BCUT2D eigenvalue weighted by Crippen LogP contribution is 2.37. The van der Waals surface area contributed by atoms with Crippen LogP contribution < -0.4 is 11.1 Å². The highest BCUT2D eigenvalue weighted by molar-refractivity contribution is 5.76. The molecule has 0 saturated carbocycles. The number of nitrogens with one attached hydrogen (secondary N) is 1. The molecule has 0 radical (unpaired) electrons. The number of anilines is 1. The number of hydrogen-bond donors (Lipinski definition) is 2. The lowest BCUT2D eigenvalue weighted by molar-refractivity contribution is 0.235. The predicted molar refractivity (Wildman–Crippen MR) is 89.3 cm³/mol. The first kappa shape index (κ1) is 14.0. The lowest BCUT2D eigenvalue weighted by Gasteiger charge is -2.30. The molecule has 1 aromatic heterocycles. The molecule has 1 aliphatic carbocycles. The van der Waals surface area contributed by atoms with Gasteiger partial charge >= 0.3 is 0 Å². The van der Waals surface area contributed by atoms with Crippen LogP contribution in [0, 0.1) is 0 Å². The van der Waals surface area contributed by atoms with Crippen LogP contribution in [0.15, 0.2) is 35.7 Å². The van der Waals surface area contributed by atoms with E-state index >= 15 is 0 Å². The number of aryl methyl sites for hydroxylation is 1. The number of amidine groups is 1. The third kappa shape index (κ3) is 2.40. The zero-order chi connectivity index (χ0) is 15.9. The molecule has 6 heteroatoms. The second kappa shape index (κ2) is 5.22. The van der Waals surface area contributed by atoms with Crippen molar-refractivity contribution < 1.29 is 4.74 Å². The first-order valence-corrected chi connectivity index (χ1v) is 7.77. The van der Waals surface area contributed by atoms with Crippen molar-refractivity contribution >= 4 is 11.8 Å². The summed E-state index contributed by atoms with van der Waals surface area (Å²) in [4.78, 5) is 13.0. The van der Waals surface area contributed by atoms with Gasteiger partial charge in [0.1, 0.15) is 24.3 Å². The monoisotopic (exact) mass is 309 g/mol. The molecule has 0 bridgehead atoms.